The van der Waals surface area contributed by atoms with E-state index < -0.39 is 29.4 Å². The van der Waals surface area contributed by atoms with Gasteiger partial charge < -0.3 is 20.1 Å². The molecule has 1 aliphatic rings. The first kappa shape index (κ1) is 19.9. The van der Waals surface area contributed by atoms with Gasteiger partial charge in [0.25, 0.3) is 0 Å². The van der Waals surface area contributed by atoms with E-state index in [-0.39, 0.29) is 0 Å². The Kier molecular flexibility index (Phi) is 5.69. The number of thiazole rings is 1. The summed E-state index contributed by atoms with van der Waals surface area (Å²) in [4.78, 5) is 30.3. The Morgan fingerprint density at radius 2 is 1.93 bits per heavy atom. The highest BCUT2D eigenvalue weighted by Gasteiger charge is 2.57. The number of esters is 2. The number of carbonyl (C=O) groups is 2. The number of methoxy groups -OCH3 is 2. The number of nitrogens with one attached hydrogen (secondary N) is 2. The Labute approximate surface area is 167 Å². The Bertz CT molecular complexity index is 882. The number of benzene rings is 1. The zero-order valence-corrected chi connectivity index (χ0v) is 17.0. The van der Waals surface area contributed by atoms with Crippen LogP contribution in [-0.4, -0.2) is 42.7 Å². The highest BCUT2D eigenvalue weighted by atomic mass is 32.1. The maximum atomic E-state index is 13.2. The summed E-state index contributed by atoms with van der Waals surface area (Å²) in [5.41, 5.74) is 0.525. The predicted octanol–water partition coefficient (Wildman–Crippen LogP) is 2.69. The lowest BCUT2D eigenvalue weighted by Crippen LogP contribution is -2.66. The van der Waals surface area contributed by atoms with Crippen molar-refractivity contribution in [3.05, 3.63) is 58.7 Å². The number of allylic oxidation sites excluding steroid dienone is 1. The molecule has 0 bridgehead atoms. The van der Waals surface area contributed by atoms with Crippen molar-refractivity contribution in [2.75, 3.05) is 19.5 Å². The fourth-order valence-electron chi connectivity index (χ4n) is 3.82. The van der Waals surface area contributed by atoms with E-state index in [1.54, 1.807) is 6.20 Å². The van der Waals surface area contributed by atoms with Crippen LogP contribution in [0.2, 0.25) is 0 Å². The van der Waals surface area contributed by atoms with Crippen LogP contribution in [0.25, 0.3) is 0 Å². The fraction of sp³-hybridized carbons (Fsp3) is 0.350. The lowest BCUT2D eigenvalue weighted by atomic mass is 9.68. The molecule has 0 aliphatic carbocycles. The molecule has 7 nitrogen and oxygen atoms in total. The lowest BCUT2D eigenvalue weighted by molar-refractivity contribution is -0.148. The Hall–Kier alpha value is -2.87. The van der Waals surface area contributed by atoms with Gasteiger partial charge in [-0.2, -0.15) is 0 Å². The van der Waals surface area contributed by atoms with E-state index in [4.69, 9.17) is 9.47 Å². The molecule has 3 atom stereocenters. The fourth-order valence-corrected chi connectivity index (χ4v) is 4.42. The van der Waals surface area contributed by atoms with E-state index in [9.17, 15) is 9.59 Å². The third kappa shape index (κ3) is 3.24. The van der Waals surface area contributed by atoms with E-state index in [2.05, 4.69) is 15.6 Å². The zero-order chi connectivity index (χ0) is 20.3. The molecular weight excluding hydrogens is 378 g/mol. The number of hydrogen-bond acceptors (Lipinski definition) is 8. The van der Waals surface area contributed by atoms with Crippen LogP contribution >= 0.6 is 11.3 Å². The maximum Gasteiger partial charge on any atom is 0.336 e. The molecule has 0 amide bonds. The first-order chi connectivity index (χ1) is 13.5. The summed E-state index contributed by atoms with van der Waals surface area (Å²) in [6.07, 6.45) is 1.65. The van der Waals surface area contributed by atoms with E-state index in [1.807, 2.05) is 49.6 Å². The van der Waals surface area contributed by atoms with Gasteiger partial charge in [-0.3, -0.25) is 0 Å². The molecule has 8 heteroatoms. The highest BCUT2D eigenvalue weighted by molar-refractivity contribution is 7.13. The van der Waals surface area contributed by atoms with Crippen LogP contribution in [0, 0.1) is 0 Å². The van der Waals surface area contributed by atoms with Gasteiger partial charge in [0.2, 0.25) is 0 Å². The second kappa shape index (κ2) is 8.02. The van der Waals surface area contributed by atoms with Crippen LogP contribution in [0.1, 0.15) is 25.3 Å². The number of hydrogen-bond donors (Lipinski definition) is 2. The largest absolute Gasteiger partial charge is 0.467 e. The molecule has 0 saturated heterocycles. The molecule has 1 aromatic carbocycles. The SMILES string of the molecule is COC(=O)C1=C(C)NC(C)C(Nc2nccs2)(C(=O)OC)C1c1ccccc1. The van der Waals surface area contributed by atoms with Crippen molar-refractivity contribution in [3.8, 4) is 0 Å². The minimum atomic E-state index is -1.31. The molecule has 3 rings (SSSR count). The van der Waals surface area contributed by atoms with Crippen molar-refractivity contribution in [1.29, 1.82) is 0 Å². The van der Waals surface area contributed by atoms with Crippen molar-refractivity contribution in [2.45, 2.75) is 31.3 Å². The molecule has 1 aliphatic heterocycles. The molecule has 2 N–H and O–H groups in total. The van der Waals surface area contributed by atoms with Crippen LogP contribution in [0.3, 0.4) is 0 Å². The minimum absolute atomic E-state index is 0.376. The Morgan fingerprint density at radius 1 is 1.21 bits per heavy atom. The quantitative estimate of drug-likeness (QED) is 0.745. The monoisotopic (exact) mass is 401 g/mol. The van der Waals surface area contributed by atoms with E-state index in [0.717, 1.165) is 5.56 Å². The lowest BCUT2D eigenvalue weighted by Gasteiger charge is -2.47. The second-order valence-corrected chi connectivity index (χ2v) is 7.46. The maximum absolute atomic E-state index is 13.2. The van der Waals surface area contributed by atoms with Crippen LogP contribution < -0.4 is 10.6 Å². The van der Waals surface area contributed by atoms with E-state index in [1.165, 1.54) is 25.6 Å². The summed E-state index contributed by atoms with van der Waals surface area (Å²) in [6.45, 7) is 3.69. The first-order valence-corrected chi connectivity index (χ1v) is 9.70. The normalized spacial score (nSPS) is 24.3. The molecule has 0 saturated carbocycles. The Balaban J connectivity index is 2.29. The summed E-state index contributed by atoms with van der Waals surface area (Å²) in [7, 11) is 2.67. The summed E-state index contributed by atoms with van der Waals surface area (Å²) >= 11 is 1.37. The molecule has 28 heavy (non-hydrogen) atoms. The van der Waals surface area contributed by atoms with Gasteiger partial charge in [-0.05, 0) is 19.4 Å². The van der Waals surface area contributed by atoms with Crippen molar-refractivity contribution >= 4 is 28.4 Å². The van der Waals surface area contributed by atoms with Crippen LogP contribution in [0.4, 0.5) is 5.13 Å². The van der Waals surface area contributed by atoms with E-state index in [0.29, 0.717) is 16.4 Å². The van der Waals surface area contributed by atoms with Crippen molar-refractivity contribution < 1.29 is 19.1 Å². The second-order valence-electron chi connectivity index (χ2n) is 6.56. The molecule has 3 unspecified atom stereocenters. The van der Waals surface area contributed by atoms with Crippen LogP contribution in [0.5, 0.6) is 0 Å². The molecule has 0 fully saturated rings. The predicted molar refractivity (Wildman–Crippen MR) is 107 cm³/mol. The zero-order valence-electron chi connectivity index (χ0n) is 16.2. The average Bonchev–Trinajstić information content (AvgIpc) is 3.22. The summed E-state index contributed by atoms with van der Waals surface area (Å²) in [5, 5.41) is 8.91. The molecular formula is C20H23N3O4S. The molecule has 2 aromatic rings. The molecule has 1 aromatic heterocycles. The number of rotatable bonds is 5. The smallest absolute Gasteiger partial charge is 0.336 e. The molecule has 0 spiro atoms. The summed E-state index contributed by atoms with van der Waals surface area (Å²) in [6, 6.07) is 9.01. The molecule has 0 radical (unpaired) electrons. The van der Waals surface area contributed by atoms with Gasteiger partial charge in [0.1, 0.15) is 0 Å². The number of aromatic nitrogens is 1. The summed E-state index contributed by atoms with van der Waals surface area (Å²) in [5.74, 6) is -1.64. The third-order valence-electron chi connectivity index (χ3n) is 5.07. The average molecular weight is 401 g/mol. The van der Waals surface area contributed by atoms with Gasteiger partial charge in [-0.25, -0.2) is 14.6 Å². The first-order valence-electron chi connectivity index (χ1n) is 8.82. The third-order valence-corrected chi connectivity index (χ3v) is 5.76. The van der Waals surface area contributed by atoms with Crippen molar-refractivity contribution in [1.82, 2.24) is 10.3 Å². The van der Waals surface area contributed by atoms with Crippen molar-refractivity contribution in [2.24, 2.45) is 0 Å². The van der Waals surface area contributed by atoms with Gasteiger partial charge in [0.15, 0.2) is 10.7 Å². The highest BCUT2D eigenvalue weighted by Crippen LogP contribution is 2.45. The van der Waals surface area contributed by atoms with Crippen molar-refractivity contribution in [3.63, 3.8) is 0 Å². The van der Waals surface area contributed by atoms with Crippen LogP contribution in [0.15, 0.2) is 53.2 Å². The Morgan fingerprint density at radius 3 is 2.50 bits per heavy atom. The standard InChI is InChI=1S/C20H23N3O4S/c1-12-15(17(24)26-3)16(14-8-6-5-7-9-14)20(13(2)22-12,18(25)27-4)23-19-21-10-11-28-19/h5-11,13,16,22H,1-4H3,(H,21,23). The number of ether oxygens (including phenoxy) is 2. The molecule has 2 heterocycles. The number of anilines is 1. The van der Waals surface area contributed by atoms with Gasteiger partial charge in [-0.15, -0.1) is 11.3 Å². The minimum Gasteiger partial charge on any atom is -0.467 e. The van der Waals surface area contributed by atoms with Gasteiger partial charge in [0.05, 0.1) is 31.8 Å². The summed E-state index contributed by atoms with van der Waals surface area (Å²) < 4.78 is 10.3. The van der Waals surface area contributed by atoms with Gasteiger partial charge >= 0.3 is 11.9 Å². The topological polar surface area (TPSA) is 89.5 Å². The van der Waals surface area contributed by atoms with Gasteiger partial charge in [-0.1, -0.05) is 30.3 Å². The number of nitrogens with zero attached hydrogens (tertiary/aromatic N) is 1. The molecule has 148 valence electrons. The van der Waals surface area contributed by atoms with Crippen LogP contribution in [-0.2, 0) is 19.1 Å². The van der Waals surface area contributed by atoms with E-state index >= 15 is 0 Å². The number of carbonyl (C=O) groups excluding carboxylic acids is 2. The van der Waals surface area contributed by atoms with Gasteiger partial charge in [0, 0.05) is 17.3 Å².